The number of likely N-dealkylation sites (tertiary alicyclic amines) is 2. The van der Waals surface area contributed by atoms with E-state index in [1.54, 1.807) is 28.8 Å². The van der Waals surface area contributed by atoms with Crippen molar-refractivity contribution in [2.24, 2.45) is 0 Å². The van der Waals surface area contributed by atoms with E-state index >= 15 is 0 Å². The van der Waals surface area contributed by atoms with Crippen molar-refractivity contribution < 1.29 is 33.8 Å². The van der Waals surface area contributed by atoms with E-state index in [1.165, 1.54) is 0 Å². The summed E-state index contributed by atoms with van der Waals surface area (Å²) in [6.07, 6.45) is 1.32. The molecule has 0 radical (unpaired) electrons. The predicted octanol–water partition coefficient (Wildman–Crippen LogP) is 6.08. The first kappa shape index (κ1) is 36.4. The maximum Gasteiger partial charge on any atom is 0.410 e. The number of aliphatic carboxylic acids is 1. The van der Waals surface area contributed by atoms with Crippen LogP contribution in [0, 0.1) is 0 Å². The number of carbonyl (C=O) groups is 4. The van der Waals surface area contributed by atoms with Gasteiger partial charge in [0.05, 0.1) is 10.8 Å². The molecule has 2 heterocycles. The van der Waals surface area contributed by atoms with Gasteiger partial charge in [-0.3, -0.25) is 9.59 Å². The number of carboxylic acid groups (broad SMARTS) is 1. The molecule has 10 nitrogen and oxygen atoms in total. The van der Waals surface area contributed by atoms with Crippen LogP contribution in [0.25, 0.3) is 0 Å². The first-order chi connectivity index (χ1) is 21.4. The third-order valence-corrected chi connectivity index (χ3v) is 8.42. The van der Waals surface area contributed by atoms with E-state index in [1.807, 2.05) is 102 Å². The normalized spacial score (nSPS) is 17.6. The average molecular weight is 638 g/mol. The topological polar surface area (TPSA) is 117 Å². The summed E-state index contributed by atoms with van der Waals surface area (Å²) in [6, 6.07) is 19.1. The van der Waals surface area contributed by atoms with Crippen molar-refractivity contribution >= 4 is 24.1 Å². The number of likely N-dealkylation sites (N-methyl/N-ethyl adjacent to an activating group) is 1. The van der Waals surface area contributed by atoms with Crippen molar-refractivity contribution in [3.8, 4) is 0 Å². The molecule has 2 aromatic carbocycles. The van der Waals surface area contributed by atoms with Crippen LogP contribution >= 0.6 is 0 Å². The maximum absolute atomic E-state index is 12.9. The van der Waals surface area contributed by atoms with Gasteiger partial charge in [0.2, 0.25) is 5.91 Å². The van der Waals surface area contributed by atoms with E-state index in [0.717, 1.165) is 11.1 Å². The molecule has 2 saturated heterocycles. The lowest BCUT2D eigenvalue weighted by Gasteiger charge is -2.42. The number of nitrogens with zero attached hydrogens (tertiary/aromatic N) is 3. The summed E-state index contributed by atoms with van der Waals surface area (Å²) in [5.74, 6) is -0.736. The van der Waals surface area contributed by atoms with Crippen LogP contribution < -0.4 is 0 Å². The van der Waals surface area contributed by atoms with Crippen LogP contribution in [0.1, 0.15) is 78.4 Å². The van der Waals surface area contributed by atoms with Crippen LogP contribution in [0.2, 0.25) is 0 Å². The lowest BCUT2D eigenvalue weighted by molar-refractivity contribution is -0.146. The molecule has 252 valence electrons. The molecule has 0 saturated carbocycles. The number of carbonyl (C=O) groups excluding carboxylic acids is 3. The fourth-order valence-electron chi connectivity index (χ4n) is 5.99. The summed E-state index contributed by atoms with van der Waals surface area (Å²) in [4.78, 5) is 54.1. The number of rotatable bonds is 4. The summed E-state index contributed by atoms with van der Waals surface area (Å²) in [5, 5.41) is 9.72. The van der Waals surface area contributed by atoms with Crippen LogP contribution in [0.15, 0.2) is 60.7 Å². The third kappa shape index (κ3) is 9.01. The molecule has 2 aromatic rings. The Hall–Kier alpha value is -4.08. The first-order valence-electron chi connectivity index (χ1n) is 15.9. The number of amides is 3. The van der Waals surface area contributed by atoms with E-state index < -0.39 is 28.0 Å². The molecular formula is C36H51N3O7. The summed E-state index contributed by atoms with van der Waals surface area (Å²) < 4.78 is 10.8. The van der Waals surface area contributed by atoms with Gasteiger partial charge in [0.1, 0.15) is 11.2 Å². The zero-order valence-electron chi connectivity index (χ0n) is 28.7. The van der Waals surface area contributed by atoms with Gasteiger partial charge >= 0.3 is 18.2 Å². The molecule has 0 aliphatic carbocycles. The highest BCUT2D eigenvalue weighted by molar-refractivity contribution is 5.88. The zero-order valence-corrected chi connectivity index (χ0v) is 28.7. The van der Waals surface area contributed by atoms with Crippen LogP contribution in [0.4, 0.5) is 9.59 Å². The Labute approximate surface area is 273 Å². The fraction of sp³-hybridized carbons (Fsp3) is 0.556. The molecule has 0 aromatic heterocycles. The smallest absolute Gasteiger partial charge is 0.410 e. The molecule has 10 heteroatoms. The van der Waals surface area contributed by atoms with Crippen LogP contribution in [-0.4, -0.2) is 95.3 Å². The van der Waals surface area contributed by atoms with E-state index in [0.29, 0.717) is 51.9 Å². The Morgan fingerprint density at radius 3 is 1.26 bits per heavy atom. The Balaban J connectivity index is 0.000000251. The molecular weight excluding hydrogens is 586 g/mol. The highest BCUT2D eigenvalue weighted by Crippen LogP contribution is 2.38. The van der Waals surface area contributed by atoms with Gasteiger partial charge < -0.3 is 29.3 Å². The van der Waals surface area contributed by atoms with Gasteiger partial charge in [-0.1, -0.05) is 60.7 Å². The van der Waals surface area contributed by atoms with Gasteiger partial charge in [-0.05, 0) is 78.4 Å². The van der Waals surface area contributed by atoms with Gasteiger partial charge in [0.25, 0.3) is 0 Å². The second-order valence-electron chi connectivity index (χ2n) is 14.3. The SMILES string of the molecule is CC(C)(C)OC(=O)N1CCC(C(=O)O)(c2ccccc2)CC1.CN(C)C(=O)C1(c2ccccc2)CCN(C(=O)OC(C)(C)C)CC1. The lowest BCUT2D eigenvalue weighted by Crippen LogP contribution is -2.53. The van der Waals surface area contributed by atoms with Crippen LogP contribution in [0.5, 0.6) is 0 Å². The number of hydrogen-bond acceptors (Lipinski definition) is 6. The average Bonchev–Trinajstić information content (AvgIpc) is 3.00. The molecule has 2 aliphatic heterocycles. The first-order valence-corrected chi connectivity index (χ1v) is 15.9. The number of piperidine rings is 2. The number of hydrogen-bond donors (Lipinski definition) is 1. The van der Waals surface area contributed by atoms with Crippen molar-refractivity contribution in [3.05, 3.63) is 71.8 Å². The van der Waals surface area contributed by atoms with Crippen molar-refractivity contribution in [3.63, 3.8) is 0 Å². The van der Waals surface area contributed by atoms with Gasteiger partial charge in [-0.2, -0.15) is 0 Å². The second-order valence-corrected chi connectivity index (χ2v) is 14.3. The molecule has 2 aliphatic rings. The van der Waals surface area contributed by atoms with Crippen molar-refractivity contribution in [1.29, 1.82) is 0 Å². The standard InChI is InChI=1S/C19H28N2O3.C17H23NO4/c1-18(2,3)24-17(23)21-13-11-19(12-14-21,16(22)20(4)5)15-9-7-6-8-10-15;1-16(2,3)22-15(21)18-11-9-17(10-12-18,14(19)20)13-7-5-4-6-8-13/h6-10H,11-14H2,1-5H3;4-8H,9-12H2,1-3H3,(H,19,20). The minimum absolute atomic E-state index is 0.0949. The summed E-state index contributed by atoms with van der Waals surface area (Å²) in [7, 11) is 3.57. The molecule has 46 heavy (non-hydrogen) atoms. The second kappa shape index (κ2) is 14.6. The highest BCUT2D eigenvalue weighted by atomic mass is 16.6. The van der Waals surface area contributed by atoms with Crippen LogP contribution in [-0.2, 0) is 29.9 Å². The highest BCUT2D eigenvalue weighted by Gasteiger charge is 2.46. The molecule has 1 N–H and O–H groups in total. The number of carboxylic acids is 1. The molecule has 3 amide bonds. The van der Waals surface area contributed by atoms with Gasteiger partial charge in [0.15, 0.2) is 0 Å². The molecule has 0 spiro atoms. The predicted molar refractivity (Wildman–Crippen MR) is 177 cm³/mol. The summed E-state index contributed by atoms with van der Waals surface area (Å²) in [5.41, 5.74) is -0.718. The van der Waals surface area contributed by atoms with E-state index in [4.69, 9.17) is 9.47 Å². The molecule has 0 atom stereocenters. The van der Waals surface area contributed by atoms with Crippen LogP contribution in [0.3, 0.4) is 0 Å². The Kier molecular flexibility index (Phi) is 11.5. The van der Waals surface area contributed by atoms with Gasteiger partial charge in [-0.15, -0.1) is 0 Å². The minimum atomic E-state index is -0.917. The Morgan fingerprint density at radius 2 is 0.957 bits per heavy atom. The number of benzene rings is 2. The van der Waals surface area contributed by atoms with Gasteiger partial charge in [-0.25, -0.2) is 9.59 Å². The lowest BCUT2D eigenvalue weighted by atomic mass is 9.71. The molecule has 4 rings (SSSR count). The van der Waals surface area contributed by atoms with Crippen molar-refractivity contribution in [2.75, 3.05) is 40.3 Å². The molecule has 2 fully saturated rings. The van der Waals surface area contributed by atoms with Crippen molar-refractivity contribution in [2.45, 2.75) is 89.3 Å². The van der Waals surface area contributed by atoms with Gasteiger partial charge in [0, 0.05) is 40.3 Å². The van der Waals surface area contributed by atoms with Crippen molar-refractivity contribution in [1.82, 2.24) is 14.7 Å². The molecule has 0 bridgehead atoms. The zero-order chi connectivity index (χ0) is 34.3. The fourth-order valence-corrected chi connectivity index (χ4v) is 5.99. The maximum atomic E-state index is 12.9. The summed E-state index contributed by atoms with van der Waals surface area (Å²) in [6.45, 7) is 12.8. The monoisotopic (exact) mass is 637 g/mol. The Bertz CT molecular complexity index is 1330. The quantitative estimate of drug-likeness (QED) is 0.432. The van der Waals surface area contributed by atoms with E-state index in [-0.39, 0.29) is 18.1 Å². The Morgan fingerprint density at radius 1 is 0.630 bits per heavy atom. The minimum Gasteiger partial charge on any atom is -0.481 e. The third-order valence-electron chi connectivity index (χ3n) is 8.42. The number of ether oxygens (including phenoxy) is 2. The largest absolute Gasteiger partial charge is 0.481 e. The van der Waals surface area contributed by atoms with E-state index in [9.17, 15) is 24.3 Å². The molecule has 0 unspecified atom stereocenters. The van der Waals surface area contributed by atoms with E-state index in [2.05, 4.69) is 0 Å². The summed E-state index contributed by atoms with van der Waals surface area (Å²) >= 11 is 0.